The summed E-state index contributed by atoms with van der Waals surface area (Å²) in [6.07, 6.45) is 22.5. The molecule has 0 aliphatic rings. The zero-order chi connectivity index (χ0) is 27.7. The van der Waals surface area contributed by atoms with E-state index in [1.54, 1.807) is 12.4 Å². The van der Waals surface area contributed by atoms with Crippen LogP contribution in [0, 0.1) is 6.92 Å². The Morgan fingerprint density at radius 2 is 1.46 bits per heavy atom. The first kappa shape index (κ1) is 30.7. The van der Waals surface area contributed by atoms with E-state index in [1.165, 1.54) is 90.4 Å². The molecular weight excluding hydrogens is 486 g/mol. The number of unbranched alkanes of at least 4 members (excludes halogenated alkanes) is 13. The Balaban J connectivity index is 1.34. The minimum Gasteiger partial charge on any atom is -0.380 e. The third kappa shape index (κ3) is 10.7. The number of hydrogen-bond donors (Lipinski definition) is 1. The molecule has 214 valence electrons. The third-order valence-corrected chi connectivity index (χ3v) is 7.29. The molecule has 0 atom stereocenters. The van der Waals surface area contributed by atoms with Crippen LogP contribution in [0.2, 0.25) is 0 Å². The van der Waals surface area contributed by atoms with E-state index in [0.29, 0.717) is 19.0 Å². The van der Waals surface area contributed by atoms with Crippen molar-refractivity contribution in [1.82, 2.24) is 19.7 Å². The molecular formula is C32H49N5O2. The predicted octanol–water partition coefficient (Wildman–Crippen LogP) is 8.26. The number of anilines is 1. The summed E-state index contributed by atoms with van der Waals surface area (Å²) in [5.74, 6) is 0.383. The van der Waals surface area contributed by atoms with Crippen molar-refractivity contribution >= 4 is 22.8 Å². The van der Waals surface area contributed by atoms with E-state index in [2.05, 4.69) is 28.4 Å². The fourth-order valence-electron chi connectivity index (χ4n) is 5.08. The normalized spacial score (nSPS) is 11.4. The van der Waals surface area contributed by atoms with E-state index in [4.69, 9.17) is 9.72 Å². The average Bonchev–Trinajstić information content (AvgIpc) is 3.25. The lowest BCUT2D eigenvalue weighted by Crippen LogP contribution is -2.10. The van der Waals surface area contributed by atoms with Crippen LogP contribution in [0.4, 0.5) is 5.82 Å². The highest BCUT2D eigenvalue weighted by Crippen LogP contribution is 2.30. The van der Waals surface area contributed by atoms with Crippen molar-refractivity contribution in [2.24, 2.45) is 0 Å². The van der Waals surface area contributed by atoms with Gasteiger partial charge in [-0.25, -0.2) is 9.67 Å². The molecule has 1 N–H and O–H groups in total. The van der Waals surface area contributed by atoms with Gasteiger partial charge in [-0.1, -0.05) is 90.4 Å². The predicted molar refractivity (Wildman–Crippen MR) is 161 cm³/mol. The standard InChI is InChI=1S/C32H49N5O2/c1-4-5-6-7-8-9-10-11-12-13-14-15-16-17-23-39-24-22-37-32-30(31(36-37)35-27(3)38)25-29(26(2)34-32)28-18-20-33-21-19-28/h18-21,25H,4-17,22-24H2,1-3H3,(H,35,36,38). The van der Waals surface area contributed by atoms with E-state index in [0.717, 1.165) is 40.9 Å². The first-order valence-corrected chi connectivity index (χ1v) is 15.2. The van der Waals surface area contributed by atoms with Gasteiger partial charge in [-0.3, -0.25) is 9.78 Å². The van der Waals surface area contributed by atoms with Crippen LogP contribution in [0.3, 0.4) is 0 Å². The SMILES string of the molecule is CCCCCCCCCCCCCCCCOCCn1nc(NC(C)=O)c2cc(-c3ccncc3)c(C)nc21. The van der Waals surface area contributed by atoms with Gasteiger partial charge in [-0.15, -0.1) is 0 Å². The summed E-state index contributed by atoms with van der Waals surface area (Å²) in [6.45, 7) is 7.71. The molecule has 0 unspecified atom stereocenters. The van der Waals surface area contributed by atoms with E-state index in [1.807, 2.05) is 23.7 Å². The highest BCUT2D eigenvalue weighted by Gasteiger charge is 2.16. The molecule has 3 aromatic heterocycles. The first-order chi connectivity index (χ1) is 19.1. The largest absolute Gasteiger partial charge is 0.380 e. The number of amides is 1. The number of nitrogens with zero attached hydrogens (tertiary/aromatic N) is 4. The quantitative estimate of drug-likeness (QED) is 0.147. The number of rotatable bonds is 20. The number of carbonyl (C=O) groups is 1. The monoisotopic (exact) mass is 535 g/mol. The van der Waals surface area contributed by atoms with Gasteiger partial charge in [0.25, 0.3) is 0 Å². The van der Waals surface area contributed by atoms with Crippen molar-refractivity contribution in [1.29, 1.82) is 0 Å². The zero-order valence-corrected chi connectivity index (χ0v) is 24.5. The lowest BCUT2D eigenvalue weighted by Gasteiger charge is -2.08. The summed E-state index contributed by atoms with van der Waals surface area (Å²) in [5, 5.41) is 8.33. The highest BCUT2D eigenvalue weighted by molar-refractivity contribution is 5.99. The lowest BCUT2D eigenvalue weighted by molar-refractivity contribution is -0.114. The highest BCUT2D eigenvalue weighted by atomic mass is 16.5. The lowest BCUT2D eigenvalue weighted by atomic mass is 10.0. The van der Waals surface area contributed by atoms with Gasteiger partial charge >= 0.3 is 0 Å². The second-order valence-corrected chi connectivity index (χ2v) is 10.7. The van der Waals surface area contributed by atoms with Crippen LogP contribution in [0.15, 0.2) is 30.6 Å². The van der Waals surface area contributed by atoms with Gasteiger partial charge in [-0.2, -0.15) is 5.10 Å². The molecule has 7 heteroatoms. The van der Waals surface area contributed by atoms with Crippen molar-refractivity contribution in [3.05, 3.63) is 36.3 Å². The van der Waals surface area contributed by atoms with Gasteiger partial charge in [0.1, 0.15) is 0 Å². The van der Waals surface area contributed by atoms with Crippen LogP contribution >= 0.6 is 0 Å². The third-order valence-electron chi connectivity index (χ3n) is 7.29. The summed E-state index contributed by atoms with van der Waals surface area (Å²) in [4.78, 5) is 20.8. The van der Waals surface area contributed by atoms with Crippen molar-refractivity contribution in [2.75, 3.05) is 18.5 Å². The van der Waals surface area contributed by atoms with Crippen LogP contribution in [0.1, 0.15) is 109 Å². The molecule has 3 aromatic rings. The van der Waals surface area contributed by atoms with Crippen LogP contribution in [0.25, 0.3) is 22.2 Å². The maximum Gasteiger partial charge on any atom is 0.222 e. The minimum absolute atomic E-state index is 0.151. The Hall–Kier alpha value is -2.80. The molecule has 39 heavy (non-hydrogen) atoms. The van der Waals surface area contributed by atoms with Gasteiger partial charge in [0.15, 0.2) is 11.5 Å². The van der Waals surface area contributed by atoms with Gasteiger partial charge in [0.05, 0.1) is 18.5 Å². The number of aryl methyl sites for hydroxylation is 1. The Morgan fingerprint density at radius 3 is 2.05 bits per heavy atom. The molecule has 1 amide bonds. The number of nitrogens with one attached hydrogen (secondary N) is 1. The Morgan fingerprint density at radius 1 is 0.872 bits per heavy atom. The number of hydrogen-bond acceptors (Lipinski definition) is 5. The molecule has 0 fully saturated rings. The molecule has 0 saturated heterocycles. The number of ether oxygens (including phenoxy) is 1. The van der Waals surface area contributed by atoms with Crippen LogP contribution < -0.4 is 5.32 Å². The van der Waals surface area contributed by atoms with E-state index < -0.39 is 0 Å². The molecule has 7 nitrogen and oxygen atoms in total. The number of carbonyl (C=O) groups excluding carboxylic acids is 1. The zero-order valence-electron chi connectivity index (χ0n) is 24.5. The number of fused-ring (bicyclic) bond motifs is 1. The first-order valence-electron chi connectivity index (χ1n) is 15.2. The topological polar surface area (TPSA) is 81.9 Å². The van der Waals surface area contributed by atoms with Gasteiger partial charge in [-0.05, 0) is 37.1 Å². The van der Waals surface area contributed by atoms with Crippen molar-refractivity contribution in [3.8, 4) is 11.1 Å². The van der Waals surface area contributed by atoms with Crippen LogP contribution in [0.5, 0.6) is 0 Å². The molecule has 0 aliphatic heterocycles. The Bertz CT molecular complexity index is 1110. The van der Waals surface area contributed by atoms with Crippen LogP contribution in [-0.2, 0) is 16.1 Å². The summed E-state index contributed by atoms with van der Waals surface area (Å²) in [7, 11) is 0. The minimum atomic E-state index is -0.151. The van der Waals surface area contributed by atoms with Gasteiger partial charge in [0, 0.05) is 37.2 Å². The Labute approximate surface area is 235 Å². The second kappa shape index (κ2) is 17.7. The molecule has 0 aliphatic carbocycles. The van der Waals surface area contributed by atoms with Crippen molar-refractivity contribution in [3.63, 3.8) is 0 Å². The molecule has 3 rings (SSSR count). The number of aromatic nitrogens is 4. The Kier molecular flexibility index (Phi) is 14.0. The van der Waals surface area contributed by atoms with Crippen molar-refractivity contribution < 1.29 is 9.53 Å². The van der Waals surface area contributed by atoms with E-state index >= 15 is 0 Å². The molecule has 0 bridgehead atoms. The molecule has 0 aromatic carbocycles. The fraction of sp³-hybridized carbons (Fsp3) is 0.625. The molecule has 0 spiro atoms. The molecule has 3 heterocycles. The summed E-state index contributed by atoms with van der Waals surface area (Å²) >= 11 is 0. The molecule has 0 radical (unpaired) electrons. The van der Waals surface area contributed by atoms with Gasteiger partial charge in [0.2, 0.25) is 5.91 Å². The average molecular weight is 536 g/mol. The van der Waals surface area contributed by atoms with Crippen molar-refractivity contribution in [2.45, 2.75) is 117 Å². The fourth-order valence-corrected chi connectivity index (χ4v) is 5.08. The number of pyridine rings is 2. The summed E-state index contributed by atoms with van der Waals surface area (Å²) < 4.78 is 7.77. The van der Waals surface area contributed by atoms with E-state index in [9.17, 15) is 4.79 Å². The maximum atomic E-state index is 11.8. The van der Waals surface area contributed by atoms with Crippen LogP contribution in [-0.4, -0.2) is 38.9 Å². The van der Waals surface area contributed by atoms with Gasteiger partial charge < -0.3 is 10.1 Å². The smallest absolute Gasteiger partial charge is 0.222 e. The summed E-state index contributed by atoms with van der Waals surface area (Å²) in [6, 6.07) is 5.98. The van der Waals surface area contributed by atoms with E-state index in [-0.39, 0.29) is 5.91 Å². The molecule has 0 saturated carbocycles. The second-order valence-electron chi connectivity index (χ2n) is 10.7. The summed E-state index contributed by atoms with van der Waals surface area (Å²) in [5.41, 5.74) is 3.71. The maximum absolute atomic E-state index is 11.8.